The number of aliphatic hydroxyl groups is 2. The highest BCUT2D eigenvalue weighted by Gasteiger charge is 2.50. The molecule has 1 aliphatic heterocycles. The number of hydrogen-bond donors (Lipinski definition) is 3. The molecule has 12 nitrogen and oxygen atoms in total. The molecule has 452 valence electrons. The number of aliphatic hydroxyl groups excluding tert-OH is 2. The number of carboxylic acids is 1. The normalized spacial score (nSPS) is 18.9. The van der Waals surface area contributed by atoms with Gasteiger partial charge in [-0.25, -0.2) is 4.79 Å². The van der Waals surface area contributed by atoms with Gasteiger partial charge in [-0.3, -0.25) is 14.4 Å². The van der Waals surface area contributed by atoms with Gasteiger partial charge in [0.1, 0.15) is 18.8 Å². The number of aliphatic carboxylic acids is 1. The van der Waals surface area contributed by atoms with Crippen LogP contribution in [0.25, 0.3) is 0 Å². The second kappa shape index (κ2) is 54.9. The Bertz CT molecular complexity index is 2010. The number of allylic oxidation sites excluding steroid dienone is 26. The number of hydrogen-bond acceptors (Lipinski definition) is 11. The van der Waals surface area contributed by atoms with E-state index in [1.54, 1.807) is 0 Å². The van der Waals surface area contributed by atoms with Crippen LogP contribution in [0.1, 0.15) is 201 Å². The molecule has 0 aromatic carbocycles. The van der Waals surface area contributed by atoms with E-state index in [0.717, 1.165) is 135 Å². The first-order valence-electron chi connectivity index (χ1n) is 30.5. The Labute approximate surface area is 488 Å². The van der Waals surface area contributed by atoms with Gasteiger partial charge in [-0.05, 0) is 128 Å². The number of carbonyl (C=O) groups excluding carboxylic acids is 3. The molecule has 1 heterocycles. The highest BCUT2D eigenvalue weighted by atomic mass is 16.7. The zero-order chi connectivity index (χ0) is 58.9. The van der Waals surface area contributed by atoms with Crippen LogP contribution < -0.4 is 0 Å². The summed E-state index contributed by atoms with van der Waals surface area (Å²) in [5, 5.41) is 31.5. The Morgan fingerprint density at radius 2 is 0.765 bits per heavy atom. The summed E-state index contributed by atoms with van der Waals surface area (Å²) in [4.78, 5) is 51.2. The third-order valence-electron chi connectivity index (χ3n) is 12.6. The van der Waals surface area contributed by atoms with Crippen LogP contribution in [0.5, 0.6) is 0 Å². The summed E-state index contributed by atoms with van der Waals surface area (Å²) >= 11 is 0. The Morgan fingerprint density at radius 1 is 0.407 bits per heavy atom. The van der Waals surface area contributed by atoms with Gasteiger partial charge >= 0.3 is 23.9 Å². The number of unbranched alkanes of at least 4 members (excludes halogenated alkanes) is 9. The van der Waals surface area contributed by atoms with Gasteiger partial charge in [0.2, 0.25) is 0 Å². The van der Waals surface area contributed by atoms with Crippen LogP contribution >= 0.6 is 0 Å². The van der Waals surface area contributed by atoms with E-state index in [4.69, 9.17) is 23.7 Å². The van der Waals surface area contributed by atoms with Crippen molar-refractivity contribution in [2.24, 2.45) is 0 Å². The molecule has 0 amide bonds. The molecular formula is C69H104O12. The van der Waals surface area contributed by atoms with Crippen LogP contribution in [0.2, 0.25) is 0 Å². The maximum Gasteiger partial charge on any atom is 0.335 e. The van der Waals surface area contributed by atoms with E-state index in [1.165, 1.54) is 0 Å². The van der Waals surface area contributed by atoms with Crippen molar-refractivity contribution in [1.29, 1.82) is 0 Å². The second-order valence-electron chi connectivity index (χ2n) is 19.8. The first-order chi connectivity index (χ1) is 39.6. The van der Waals surface area contributed by atoms with E-state index in [0.29, 0.717) is 25.7 Å². The minimum absolute atomic E-state index is 0.00219. The molecule has 1 saturated heterocycles. The van der Waals surface area contributed by atoms with E-state index in [1.807, 2.05) is 12.2 Å². The van der Waals surface area contributed by atoms with Crippen LogP contribution in [0.15, 0.2) is 158 Å². The predicted octanol–water partition coefficient (Wildman–Crippen LogP) is 16.1. The fourth-order valence-electron chi connectivity index (χ4n) is 8.04. The van der Waals surface area contributed by atoms with Crippen LogP contribution in [-0.4, -0.2) is 89.2 Å². The number of carboxylic acid groups (broad SMARTS) is 1. The number of ether oxygens (including phenoxy) is 5. The molecule has 1 rings (SSSR count). The fourth-order valence-corrected chi connectivity index (χ4v) is 8.04. The Hall–Kier alpha value is -5.66. The summed E-state index contributed by atoms with van der Waals surface area (Å²) in [6.07, 6.45) is 67.9. The molecule has 0 aliphatic carbocycles. The molecule has 1 fully saturated rings. The molecule has 6 unspecified atom stereocenters. The standard InChI is InChI=1S/C69H104O12/c1-4-7-10-13-16-19-22-25-27-29-31-33-35-38-40-43-46-49-52-55-61(70)77-58-60(79-62(71)56-53-50-47-44-41-37-24-21-18-15-12-9-6-3)59-78-69-67(65(74)64(73)66(81-69)68(75)76)80-63(72)57-54-51-48-45-42-39-36-34-32-30-28-26-23-20-17-14-11-8-5-2/h7-12,16-21,25-28,31-34,37,39,41-42,47,50,60,64-67,69,73-74H,4-6,13-15,22-24,29-30,35-36,38,40,43-46,48-49,51-59H2,1-3H3,(H,75,76)/b10-7-,11-8-,12-9-,19-16-,20-17-,21-18-,27-25-,28-26-,33-31-,34-32-,41-37-,42-39-,50-47-. The molecule has 0 spiro atoms. The van der Waals surface area contributed by atoms with Gasteiger partial charge in [-0.2, -0.15) is 0 Å². The van der Waals surface area contributed by atoms with Gasteiger partial charge < -0.3 is 39.0 Å². The van der Waals surface area contributed by atoms with Gasteiger partial charge in [0.05, 0.1) is 6.61 Å². The lowest BCUT2D eigenvalue weighted by Gasteiger charge is -2.40. The van der Waals surface area contributed by atoms with Crippen LogP contribution in [-0.2, 0) is 42.9 Å². The number of carbonyl (C=O) groups is 4. The average molecular weight is 1130 g/mol. The molecule has 0 aromatic heterocycles. The lowest BCUT2D eigenvalue weighted by atomic mass is 9.98. The third kappa shape index (κ3) is 44.7. The first-order valence-corrected chi connectivity index (χ1v) is 30.5. The van der Waals surface area contributed by atoms with Crippen molar-refractivity contribution in [3.8, 4) is 0 Å². The lowest BCUT2D eigenvalue weighted by molar-refractivity contribution is -0.301. The molecule has 6 atom stereocenters. The molecule has 12 heteroatoms. The SMILES string of the molecule is CC/C=C\C/C=C\C/C=C\C/C=C\C/C=C\CCCCCC(=O)OC1C(OCC(COC(=O)CCCCCCCC/C=C\C/C=C\C/C=C\C/C=C\CC)OC(=O)CC/C=C\C/C=C\C/C=C\C/C=C\CC)OC(C(=O)O)C(O)C1O. The molecule has 0 radical (unpaired) electrons. The zero-order valence-electron chi connectivity index (χ0n) is 49.7. The summed E-state index contributed by atoms with van der Waals surface area (Å²) in [7, 11) is 0. The van der Waals surface area contributed by atoms with E-state index in [-0.39, 0.29) is 25.9 Å². The van der Waals surface area contributed by atoms with Crippen molar-refractivity contribution in [2.75, 3.05) is 13.2 Å². The maximum atomic E-state index is 13.1. The fraction of sp³-hybridized carbons (Fsp3) is 0.565. The zero-order valence-corrected chi connectivity index (χ0v) is 49.7. The summed E-state index contributed by atoms with van der Waals surface area (Å²) in [6, 6.07) is 0. The van der Waals surface area contributed by atoms with Crippen LogP contribution in [0, 0.1) is 0 Å². The van der Waals surface area contributed by atoms with Crippen molar-refractivity contribution >= 4 is 23.9 Å². The van der Waals surface area contributed by atoms with E-state index < -0.39 is 67.3 Å². The second-order valence-corrected chi connectivity index (χ2v) is 19.8. The van der Waals surface area contributed by atoms with Crippen molar-refractivity contribution in [2.45, 2.75) is 237 Å². The molecular weight excluding hydrogens is 1020 g/mol. The monoisotopic (exact) mass is 1120 g/mol. The molecule has 1 aliphatic rings. The van der Waals surface area contributed by atoms with E-state index in [9.17, 15) is 34.5 Å². The first kappa shape index (κ1) is 73.4. The minimum Gasteiger partial charge on any atom is -0.479 e. The van der Waals surface area contributed by atoms with E-state index in [2.05, 4.69) is 167 Å². The van der Waals surface area contributed by atoms with Crippen molar-refractivity contribution in [3.63, 3.8) is 0 Å². The third-order valence-corrected chi connectivity index (χ3v) is 12.6. The largest absolute Gasteiger partial charge is 0.479 e. The van der Waals surface area contributed by atoms with Gasteiger partial charge in [0.15, 0.2) is 24.6 Å². The van der Waals surface area contributed by atoms with Crippen molar-refractivity contribution < 1.29 is 58.2 Å². The highest BCUT2D eigenvalue weighted by molar-refractivity contribution is 5.74. The Balaban J connectivity index is 2.74. The lowest BCUT2D eigenvalue weighted by Crippen LogP contribution is -2.61. The van der Waals surface area contributed by atoms with Gasteiger partial charge in [-0.1, -0.05) is 211 Å². The van der Waals surface area contributed by atoms with Crippen LogP contribution in [0.4, 0.5) is 0 Å². The number of esters is 3. The molecule has 3 N–H and O–H groups in total. The summed E-state index contributed by atoms with van der Waals surface area (Å²) < 4.78 is 28.3. The summed E-state index contributed by atoms with van der Waals surface area (Å²) in [5.74, 6) is -3.32. The Morgan fingerprint density at radius 3 is 1.19 bits per heavy atom. The Kier molecular flexibility index (Phi) is 49.7. The van der Waals surface area contributed by atoms with Crippen molar-refractivity contribution in [1.82, 2.24) is 0 Å². The van der Waals surface area contributed by atoms with E-state index >= 15 is 0 Å². The molecule has 0 aromatic rings. The quantitative estimate of drug-likeness (QED) is 0.0228. The maximum absolute atomic E-state index is 13.1. The average Bonchev–Trinajstić information content (AvgIpc) is 3.54. The van der Waals surface area contributed by atoms with Crippen LogP contribution in [0.3, 0.4) is 0 Å². The van der Waals surface area contributed by atoms with Gasteiger partial charge in [-0.15, -0.1) is 0 Å². The topological polar surface area (TPSA) is 175 Å². The number of rotatable bonds is 49. The predicted molar refractivity (Wildman–Crippen MR) is 330 cm³/mol. The summed E-state index contributed by atoms with van der Waals surface area (Å²) in [5.41, 5.74) is 0. The summed E-state index contributed by atoms with van der Waals surface area (Å²) in [6.45, 7) is 5.54. The molecule has 0 saturated carbocycles. The minimum atomic E-state index is -1.94. The molecule has 0 bridgehead atoms. The van der Waals surface area contributed by atoms with Gasteiger partial charge in [0.25, 0.3) is 0 Å². The van der Waals surface area contributed by atoms with Crippen molar-refractivity contribution in [3.05, 3.63) is 158 Å². The molecule has 81 heavy (non-hydrogen) atoms. The van der Waals surface area contributed by atoms with Gasteiger partial charge in [0, 0.05) is 19.3 Å². The highest BCUT2D eigenvalue weighted by Crippen LogP contribution is 2.26. The smallest absolute Gasteiger partial charge is 0.335 e.